The van der Waals surface area contributed by atoms with Crippen LogP contribution in [0.1, 0.15) is 48.5 Å². The van der Waals surface area contributed by atoms with Crippen molar-refractivity contribution in [1.29, 1.82) is 0 Å². The van der Waals surface area contributed by atoms with E-state index in [4.69, 9.17) is 0 Å². The molecule has 1 nitrogen and oxygen atoms in total. The molecule has 0 spiro atoms. The van der Waals surface area contributed by atoms with Crippen LogP contribution in [-0.4, -0.2) is 5.11 Å². The summed E-state index contributed by atoms with van der Waals surface area (Å²) in [4.78, 5) is 0. The molecule has 0 radical (unpaired) electrons. The normalized spacial score (nSPS) is 23.7. The molecule has 17 heavy (non-hydrogen) atoms. The van der Waals surface area contributed by atoms with Crippen LogP contribution in [-0.2, 0) is 0 Å². The molecule has 88 valence electrons. The third kappa shape index (κ3) is 1.57. The maximum absolute atomic E-state index is 10.2. The number of aliphatic hydroxyl groups is 1. The van der Waals surface area contributed by atoms with Gasteiger partial charge in [-0.25, -0.2) is 0 Å². The van der Waals surface area contributed by atoms with Gasteiger partial charge in [-0.3, -0.25) is 0 Å². The largest absolute Gasteiger partial charge is 0.388 e. The molecule has 3 rings (SSSR count). The third-order valence-corrected chi connectivity index (χ3v) is 4.05. The third-order valence-electron chi connectivity index (χ3n) is 4.05. The van der Waals surface area contributed by atoms with Gasteiger partial charge in [0, 0.05) is 0 Å². The zero-order chi connectivity index (χ0) is 12.0. The van der Waals surface area contributed by atoms with Crippen molar-refractivity contribution >= 4 is 10.8 Å². The maximum Gasteiger partial charge on any atom is 0.0793 e. The minimum Gasteiger partial charge on any atom is -0.388 e. The van der Waals surface area contributed by atoms with E-state index in [1.807, 2.05) is 0 Å². The Morgan fingerprint density at radius 2 is 1.82 bits per heavy atom. The summed E-state index contributed by atoms with van der Waals surface area (Å²) < 4.78 is 0. The molecule has 0 saturated carbocycles. The van der Waals surface area contributed by atoms with Crippen molar-refractivity contribution in [2.24, 2.45) is 0 Å². The highest BCUT2D eigenvalue weighted by Gasteiger charge is 2.25. The molecule has 0 saturated heterocycles. The molecule has 2 atom stereocenters. The molecule has 0 bridgehead atoms. The quantitative estimate of drug-likeness (QED) is 0.717. The van der Waals surface area contributed by atoms with Crippen LogP contribution in [0.5, 0.6) is 0 Å². The monoisotopic (exact) mass is 226 g/mol. The van der Waals surface area contributed by atoms with Gasteiger partial charge in [-0.15, -0.1) is 0 Å². The summed E-state index contributed by atoms with van der Waals surface area (Å²) in [5, 5.41) is 12.8. The Morgan fingerprint density at radius 1 is 1.12 bits per heavy atom. The molecule has 0 aromatic heterocycles. The summed E-state index contributed by atoms with van der Waals surface area (Å²) in [7, 11) is 0. The van der Waals surface area contributed by atoms with Crippen LogP contribution in [0.15, 0.2) is 30.3 Å². The molecule has 2 aromatic rings. The van der Waals surface area contributed by atoms with Crippen molar-refractivity contribution in [3.05, 3.63) is 47.0 Å². The van der Waals surface area contributed by atoms with Gasteiger partial charge in [-0.2, -0.15) is 0 Å². The van der Waals surface area contributed by atoms with Crippen LogP contribution in [0.4, 0.5) is 0 Å². The molecule has 2 aromatic carbocycles. The van der Waals surface area contributed by atoms with Crippen LogP contribution >= 0.6 is 0 Å². The minimum absolute atomic E-state index is 0.274. The Labute approximate surface area is 102 Å². The van der Waals surface area contributed by atoms with E-state index in [1.165, 1.54) is 21.9 Å². The molecule has 1 heteroatoms. The highest BCUT2D eigenvalue weighted by molar-refractivity contribution is 5.90. The summed E-state index contributed by atoms with van der Waals surface area (Å²) in [5.41, 5.74) is 3.79. The van der Waals surface area contributed by atoms with Crippen LogP contribution in [0.3, 0.4) is 0 Å². The lowest BCUT2D eigenvalue weighted by molar-refractivity contribution is 0.152. The molecule has 2 unspecified atom stereocenters. The van der Waals surface area contributed by atoms with E-state index in [0.717, 1.165) is 18.4 Å². The van der Waals surface area contributed by atoms with Crippen LogP contribution in [0, 0.1) is 6.92 Å². The molecule has 0 aliphatic heterocycles. The van der Waals surface area contributed by atoms with Gasteiger partial charge in [0.2, 0.25) is 0 Å². The van der Waals surface area contributed by atoms with Gasteiger partial charge >= 0.3 is 0 Å². The predicted octanol–water partition coefficient (Wildman–Crippen LogP) is 4.08. The van der Waals surface area contributed by atoms with Gasteiger partial charge < -0.3 is 5.11 Å². The average molecular weight is 226 g/mol. The minimum atomic E-state index is -0.274. The fourth-order valence-electron chi connectivity index (χ4n) is 3.14. The zero-order valence-corrected chi connectivity index (χ0v) is 10.4. The van der Waals surface area contributed by atoms with E-state index in [9.17, 15) is 5.11 Å². The Kier molecular flexibility index (Phi) is 2.44. The predicted molar refractivity (Wildman–Crippen MR) is 71.3 cm³/mol. The number of hydrogen-bond donors (Lipinski definition) is 1. The second-order valence-electron chi connectivity index (χ2n) is 5.24. The number of aliphatic hydroxyl groups excluding tert-OH is 1. The molecular weight excluding hydrogens is 208 g/mol. The van der Waals surface area contributed by atoms with E-state index >= 15 is 0 Å². The van der Waals surface area contributed by atoms with Gasteiger partial charge in [0.25, 0.3) is 0 Å². The second kappa shape index (κ2) is 3.85. The van der Waals surface area contributed by atoms with E-state index < -0.39 is 0 Å². The molecule has 0 heterocycles. The van der Waals surface area contributed by atoms with Crippen molar-refractivity contribution in [2.45, 2.75) is 38.7 Å². The molecule has 1 N–H and O–H groups in total. The van der Waals surface area contributed by atoms with Crippen molar-refractivity contribution in [3.8, 4) is 0 Å². The van der Waals surface area contributed by atoms with Gasteiger partial charge in [0.1, 0.15) is 0 Å². The van der Waals surface area contributed by atoms with E-state index in [2.05, 4.69) is 44.2 Å². The first-order valence-corrected chi connectivity index (χ1v) is 6.38. The Balaban J connectivity index is 2.41. The van der Waals surface area contributed by atoms with E-state index in [-0.39, 0.29) is 6.10 Å². The first-order valence-electron chi connectivity index (χ1n) is 6.38. The topological polar surface area (TPSA) is 20.2 Å². The van der Waals surface area contributed by atoms with Crippen molar-refractivity contribution in [3.63, 3.8) is 0 Å². The smallest absolute Gasteiger partial charge is 0.0793 e. The number of aryl methyl sites for hydroxylation is 1. The molecule has 0 amide bonds. The molecular formula is C16H18O. The fourth-order valence-corrected chi connectivity index (χ4v) is 3.14. The first kappa shape index (κ1) is 10.8. The van der Waals surface area contributed by atoms with Crippen molar-refractivity contribution in [2.75, 3.05) is 0 Å². The number of hydrogen-bond acceptors (Lipinski definition) is 1. The number of rotatable bonds is 0. The first-order chi connectivity index (χ1) is 8.18. The number of fused-ring (bicyclic) bond motifs is 3. The lowest BCUT2D eigenvalue weighted by Gasteiger charge is -2.29. The standard InChI is InChI=1S/C16H18O/c1-10-7-8-15(17)14-9-11(2)12-5-3-4-6-13(12)16(10)14/h3-6,9-10,15,17H,7-8H2,1-2H3. The van der Waals surface area contributed by atoms with Gasteiger partial charge in [0.15, 0.2) is 0 Å². The molecule has 0 fully saturated rings. The summed E-state index contributed by atoms with van der Waals surface area (Å²) >= 11 is 0. The summed E-state index contributed by atoms with van der Waals surface area (Å²) in [6, 6.07) is 10.7. The Morgan fingerprint density at radius 3 is 2.59 bits per heavy atom. The van der Waals surface area contributed by atoms with Gasteiger partial charge in [-0.1, -0.05) is 37.3 Å². The van der Waals surface area contributed by atoms with Gasteiger partial charge in [-0.05, 0) is 53.1 Å². The van der Waals surface area contributed by atoms with E-state index in [0.29, 0.717) is 5.92 Å². The number of benzene rings is 2. The highest BCUT2D eigenvalue weighted by Crippen LogP contribution is 2.42. The second-order valence-corrected chi connectivity index (χ2v) is 5.24. The highest BCUT2D eigenvalue weighted by atomic mass is 16.3. The van der Waals surface area contributed by atoms with Gasteiger partial charge in [0.05, 0.1) is 6.10 Å². The van der Waals surface area contributed by atoms with Crippen LogP contribution in [0.2, 0.25) is 0 Å². The maximum atomic E-state index is 10.2. The molecule has 1 aliphatic carbocycles. The van der Waals surface area contributed by atoms with Crippen molar-refractivity contribution in [1.82, 2.24) is 0 Å². The lowest BCUT2D eigenvalue weighted by Crippen LogP contribution is -2.13. The van der Waals surface area contributed by atoms with Crippen LogP contribution < -0.4 is 0 Å². The van der Waals surface area contributed by atoms with E-state index in [1.54, 1.807) is 0 Å². The summed E-state index contributed by atoms with van der Waals surface area (Å²) in [6.07, 6.45) is 1.71. The Bertz CT molecular complexity index is 571. The van der Waals surface area contributed by atoms with Crippen molar-refractivity contribution < 1.29 is 5.11 Å². The van der Waals surface area contributed by atoms with Crippen LogP contribution in [0.25, 0.3) is 10.8 Å². The summed E-state index contributed by atoms with van der Waals surface area (Å²) in [6.45, 7) is 4.40. The molecule has 1 aliphatic rings. The summed E-state index contributed by atoms with van der Waals surface area (Å²) in [5.74, 6) is 0.555. The fraction of sp³-hybridized carbons (Fsp3) is 0.375. The SMILES string of the molecule is Cc1cc2c(c3ccccc13)C(C)CCC2O. The average Bonchev–Trinajstić information content (AvgIpc) is 2.34. The lowest BCUT2D eigenvalue weighted by atomic mass is 9.78. The zero-order valence-electron chi connectivity index (χ0n) is 10.4. The Hall–Kier alpha value is -1.34.